The summed E-state index contributed by atoms with van der Waals surface area (Å²) in [7, 11) is 0. The summed E-state index contributed by atoms with van der Waals surface area (Å²) in [5, 5.41) is 3.99. The van der Waals surface area contributed by atoms with E-state index in [1.165, 1.54) is 6.07 Å². The van der Waals surface area contributed by atoms with Crippen LogP contribution in [0, 0.1) is 19.7 Å². The standard InChI is InChI=1S/C15H20FNO/c1-5-8-17-11(4)15-10(3)13-12(16)7-6-9(2)14(13)18-15/h6-7,11,17H,5,8H2,1-4H3. The molecule has 0 aliphatic heterocycles. The summed E-state index contributed by atoms with van der Waals surface area (Å²) < 4.78 is 19.7. The SMILES string of the molecule is CCCNC(C)c1oc2c(C)ccc(F)c2c1C. The number of furan rings is 1. The van der Waals surface area contributed by atoms with Crippen LogP contribution in [-0.4, -0.2) is 6.54 Å². The van der Waals surface area contributed by atoms with E-state index in [0.29, 0.717) is 11.0 Å². The topological polar surface area (TPSA) is 25.2 Å². The Bertz CT molecular complexity index is 559. The van der Waals surface area contributed by atoms with E-state index in [1.807, 2.05) is 20.8 Å². The summed E-state index contributed by atoms with van der Waals surface area (Å²) >= 11 is 0. The van der Waals surface area contributed by atoms with E-state index >= 15 is 0 Å². The largest absolute Gasteiger partial charge is 0.459 e. The molecule has 1 heterocycles. The number of nitrogens with one attached hydrogen (secondary N) is 1. The van der Waals surface area contributed by atoms with E-state index in [9.17, 15) is 4.39 Å². The zero-order valence-electron chi connectivity index (χ0n) is 11.4. The van der Waals surface area contributed by atoms with Gasteiger partial charge in [-0.1, -0.05) is 13.0 Å². The van der Waals surface area contributed by atoms with Gasteiger partial charge >= 0.3 is 0 Å². The molecule has 0 aliphatic rings. The molecule has 2 rings (SSSR count). The number of halogens is 1. The quantitative estimate of drug-likeness (QED) is 0.876. The van der Waals surface area contributed by atoms with Gasteiger partial charge in [-0.15, -0.1) is 0 Å². The number of rotatable bonds is 4. The first kappa shape index (κ1) is 13.1. The van der Waals surface area contributed by atoms with Crippen molar-refractivity contribution in [2.45, 2.75) is 40.2 Å². The van der Waals surface area contributed by atoms with Crippen molar-refractivity contribution in [3.8, 4) is 0 Å². The molecular weight excluding hydrogens is 229 g/mol. The van der Waals surface area contributed by atoms with Crippen LogP contribution < -0.4 is 5.32 Å². The summed E-state index contributed by atoms with van der Waals surface area (Å²) in [4.78, 5) is 0. The first-order chi connectivity index (χ1) is 8.56. The second-order valence-electron chi connectivity index (χ2n) is 4.84. The van der Waals surface area contributed by atoms with Crippen molar-refractivity contribution in [2.24, 2.45) is 0 Å². The Labute approximate surface area is 107 Å². The molecule has 0 amide bonds. The van der Waals surface area contributed by atoms with Crippen molar-refractivity contribution >= 4 is 11.0 Å². The zero-order chi connectivity index (χ0) is 13.3. The fraction of sp³-hybridized carbons (Fsp3) is 0.467. The van der Waals surface area contributed by atoms with Crippen LogP contribution in [-0.2, 0) is 0 Å². The van der Waals surface area contributed by atoms with Crippen LogP contribution in [0.5, 0.6) is 0 Å². The molecular formula is C15H20FNO. The smallest absolute Gasteiger partial charge is 0.140 e. The average Bonchev–Trinajstić information content (AvgIpc) is 2.70. The van der Waals surface area contributed by atoms with E-state index < -0.39 is 0 Å². The molecule has 0 saturated carbocycles. The van der Waals surface area contributed by atoms with Crippen molar-refractivity contribution in [1.82, 2.24) is 5.32 Å². The lowest BCUT2D eigenvalue weighted by Crippen LogP contribution is -2.19. The Kier molecular flexibility index (Phi) is 3.71. The molecule has 1 unspecified atom stereocenters. The van der Waals surface area contributed by atoms with Gasteiger partial charge in [0.25, 0.3) is 0 Å². The Hall–Kier alpha value is -1.35. The molecule has 18 heavy (non-hydrogen) atoms. The molecule has 1 aromatic heterocycles. The minimum Gasteiger partial charge on any atom is -0.459 e. The summed E-state index contributed by atoms with van der Waals surface area (Å²) in [5.74, 6) is 0.637. The number of fused-ring (bicyclic) bond motifs is 1. The third kappa shape index (κ3) is 2.15. The molecule has 2 aromatic rings. The molecule has 0 spiro atoms. The normalized spacial score (nSPS) is 13.2. The van der Waals surface area contributed by atoms with E-state index in [0.717, 1.165) is 29.9 Å². The first-order valence-electron chi connectivity index (χ1n) is 6.47. The molecule has 1 N–H and O–H groups in total. The predicted molar refractivity (Wildman–Crippen MR) is 72.4 cm³/mol. The van der Waals surface area contributed by atoms with Crippen LogP contribution in [0.1, 0.15) is 43.2 Å². The maximum absolute atomic E-state index is 13.9. The number of hydrogen-bond acceptors (Lipinski definition) is 2. The third-order valence-electron chi connectivity index (χ3n) is 3.35. The van der Waals surface area contributed by atoms with E-state index in [1.54, 1.807) is 6.07 Å². The van der Waals surface area contributed by atoms with E-state index in [4.69, 9.17) is 4.42 Å². The van der Waals surface area contributed by atoms with Crippen LogP contribution in [0.2, 0.25) is 0 Å². The predicted octanol–water partition coefficient (Wildman–Crippen LogP) is 4.25. The maximum Gasteiger partial charge on any atom is 0.140 e. The summed E-state index contributed by atoms with van der Waals surface area (Å²) in [5.41, 5.74) is 2.55. The third-order valence-corrected chi connectivity index (χ3v) is 3.35. The van der Waals surface area contributed by atoms with Gasteiger partial charge in [0, 0.05) is 5.56 Å². The number of benzene rings is 1. The van der Waals surface area contributed by atoms with Gasteiger partial charge in [0.2, 0.25) is 0 Å². The van der Waals surface area contributed by atoms with E-state index in [2.05, 4.69) is 12.2 Å². The lowest BCUT2D eigenvalue weighted by molar-refractivity contribution is 0.448. The van der Waals surface area contributed by atoms with E-state index in [-0.39, 0.29) is 11.9 Å². The average molecular weight is 249 g/mol. The van der Waals surface area contributed by atoms with Crippen molar-refractivity contribution in [3.63, 3.8) is 0 Å². The minimum atomic E-state index is -0.203. The molecule has 0 radical (unpaired) electrons. The fourth-order valence-electron chi connectivity index (χ4n) is 2.32. The highest BCUT2D eigenvalue weighted by atomic mass is 19.1. The molecule has 1 atom stereocenters. The maximum atomic E-state index is 13.9. The monoisotopic (exact) mass is 249 g/mol. The molecule has 0 fully saturated rings. The second kappa shape index (κ2) is 5.11. The van der Waals surface area contributed by atoms with Crippen LogP contribution in [0.3, 0.4) is 0 Å². The lowest BCUT2D eigenvalue weighted by Gasteiger charge is -2.11. The van der Waals surface area contributed by atoms with Gasteiger partial charge in [-0.25, -0.2) is 4.39 Å². The molecule has 0 saturated heterocycles. The van der Waals surface area contributed by atoms with Gasteiger partial charge in [-0.3, -0.25) is 0 Å². The second-order valence-corrected chi connectivity index (χ2v) is 4.84. The number of aryl methyl sites for hydroxylation is 2. The van der Waals surface area contributed by atoms with Gasteiger partial charge < -0.3 is 9.73 Å². The Balaban J connectivity index is 2.50. The summed E-state index contributed by atoms with van der Waals surface area (Å²) in [6, 6.07) is 3.37. The highest BCUT2D eigenvalue weighted by molar-refractivity contribution is 5.85. The van der Waals surface area contributed by atoms with Crippen LogP contribution in [0.4, 0.5) is 4.39 Å². The van der Waals surface area contributed by atoms with Crippen LogP contribution >= 0.6 is 0 Å². The van der Waals surface area contributed by atoms with Gasteiger partial charge in [0.1, 0.15) is 17.2 Å². The van der Waals surface area contributed by atoms with Gasteiger partial charge in [0.05, 0.1) is 11.4 Å². The van der Waals surface area contributed by atoms with Gasteiger partial charge in [-0.2, -0.15) is 0 Å². The number of hydrogen-bond donors (Lipinski definition) is 1. The van der Waals surface area contributed by atoms with Crippen LogP contribution in [0.15, 0.2) is 16.5 Å². The van der Waals surface area contributed by atoms with Crippen molar-refractivity contribution in [3.05, 3.63) is 34.8 Å². The summed E-state index contributed by atoms with van der Waals surface area (Å²) in [6.07, 6.45) is 1.07. The fourth-order valence-corrected chi connectivity index (χ4v) is 2.32. The first-order valence-corrected chi connectivity index (χ1v) is 6.47. The molecule has 98 valence electrons. The van der Waals surface area contributed by atoms with Crippen molar-refractivity contribution in [1.29, 1.82) is 0 Å². The minimum absolute atomic E-state index is 0.108. The Morgan fingerprint density at radius 2 is 2.06 bits per heavy atom. The molecule has 0 aliphatic carbocycles. The Morgan fingerprint density at radius 1 is 1.33 bits per heavy atom. The highest BCUT2D eigenvalue weighted by Gasteiger charge is 2.19. The van der Waals surface area contributed by atoms with Crippen molar-refractivity contribution in [2.75, 3.05) is 6.54 Å². The molecule has 2 nitrogen and oxygen atoms in total. The Morgan fingerprint density at radius 3 is 2.67 bits per heavy atom. The van der Waals surface area contributed by atoms with Crippen molar-refractivity contribution < 1.29 is 8.81 Å². The van der Waals surface area contributed by atoms with Crippen LogP contribution in [0.25, 0.3) is 11.0 Å². The van der Waals surface area contributed by atoms with Gasteiger partial charge in [-0.05, 0) is 45.4 Å². The molecule has 3 heteroatoms. The molecule has 1 aromatic carbocycles. The highest BCUT2D eigenvalue weighted by Crippen LogP contribution is 2.33. The van der Waals surface area contributed by atoms with Gasteiger partial charge in [0.15, 0.2) is 0 Å². The lowest BCUT2D eigenvalue weighted by atomic mass is 10.1. The zero-order valence-corrected chi connectivity index (χ0v) is 11.4. The summed E-state index contributed by atoms with van der Waals surface area (Å²) in [6.45, 7) is 8.97. The molecule has 0 bridgehead atoms.